The van der Waals surface area contributed by atoms with Crippen LogP contribution in [0.2, 0.25) is 0 Å². The van der Waals surface area contributed by atoms with E-state index in [4.69, 9.17) is 4.98 Å². The van der Waals surface area contributed by atoms with Gasteiger partial charge < -0.3 is 9.80 Å². The molecule has 1 aromatic carbocycles. The molecule has 0 atom stereocenters. The van der Waals surface area contributed by atoms with E-state index in [0.29, 0.717) is 43.9 Å². The fourth-order valence-electron chi connectivity index (χ4n) is 4.88. The van der Waals surface area contributed by atoms with Crippen molar-refractivity contribution in [3.8, 4) is 5.69 Å². The van der Waals surface area contributed by atoms with Crippen molar-refractivity contribution in [3.63, 3.8) is 0 Å². The summed E-state index contributed by atoms with van der Waals surface area (Å²) in [7, 11) is 0. The maximum Gasteiger partial charge on any atom is 0.273 e. The lowest BCUT2D eigenvalue weighted by Gasteiger charge is -2.31. The van der Waals surface area contributed by atoms with E-state index in [-0.39, 0.29) is 17.7 Å². The number of hydrogen-bond acceptors (Lipinski definition) is 6. The van der Waals surface area contributed by atoms with Gasteiger partial charge in [0.2, 0.25) is 0 Å². The molecular formula is C29H32N6O2S. The van der Waals surface area contributed by atoms with Gasteiger partial charge in [0.25, 0.3) is 11.8 Å². The summed E-state index contributed by atoms with van der Waals surface area (Å²) >= 11 is 1.55. The quantitative estimate of drug-likeness (QED) is 0.329. The molecule has 4 heterocycles. The van der Waals surface area contributed by atoms with E-state index in [1.54, 1.807) is 23.7 Å². The third-order valence-corrected chi connectivity index (χ3v) is 8.15. The lowest BCUT2D eigenvalue weighted by molar-refractivity contribution is 0.0712. The van der Waals surface area contributed by atoms with Crippen LogP contribution in [-0.2, 0) is 6.42 Å². The summed E-state index contributed by atoms with van der Waals surface area (Å²) in [6.07, 6.45) is 5.82. The highest BCUT2D eigenvalue weighted by molar-refractivity contribution is 7.09. The maximum absolute atomic E-state index is 13.3. The van der Waals surface area contributed by atoms with Crippen molar-refractivity contribution in [2.45, 2.75) is 39.0 Å². The molecule has 0 saturated carbocycles. The predicted molar refractivity (Wildman–Crippen MR) is 148 cm³/mol. The van der Waals surface area contributed by atoms with Gasteiger partial charge in [-0.3, -0.25) is 14.6 Å². The molecule has 0 bridgehead atoms. The number of thiazole rings is 1. The van der Waals surface area contributed by atoms with E-state index in [2.05, 4.69) is 10.1 Å². The topological polar surface area (TPSA) is 84.2 Å². The molecule has 0 radical (unpaired) electrons. The summed E-state index contributed by atoms with van der Waals surface area (Å²) in [6, 6.07) is 15.7. The number of para-hydroxylation sites is 1. The normalized spacial score (nSPS) is 14.0. The monoisotopic (exact) mass is 528 g/mol. The van der Waals surface area contributed by atoms with Gasteiger partial charge in [-0.25, -0.2) is 9.67 Å². The summed E-state index contributed by atoms with van der Waals surface area (Å²) in [5, 5.41) is 7.31. The van der Waals surface area contributed by atoms with Crippen molar-refractivity contribution < 1.29 is 9.59 Å². The van der Waals surface area contributed by atoms with Crippen molar-refractivity contribution >= 4 is 23.2 Å². The molecule has 0 N–H and O–H groups in total. The Morgan fingerprint density at radius 3 is 2.55 bits per heavy atom. The smallest absolute Gasteiger partial charge is 0.273 e. The third kappa shape index (κ3) is 5.52. The zero-order valence-corrected chi connectivity index (χ0v) is 22.6. The number of pyridine rings is 1. The average molecular weight is 529 g/mol. The molecule has 0 aliphatic carbocycles. The second-order valence-corrected chi connectivity index (χ2v) is 10.4. The molecule has 1 aliphatic rings. The van der Waals surface area contributed by atoms with Crippen LogP contribution in [-0.4, -0.2) is 67.5 Å². The first-order chi connectivity index (χ1) is 18.5. The van der Waals surface area contributed by atoms with E-state index < -0.39 is 0 Å². The molecule has 1 aliphatic heterocycles. The first-order valence-corrected chi connectivity index (χ1v) is 14.0. The molecule has 196 valence electrons. The van der Waals surface area contributed by atoms with Crippen molar-refractivity contribution in [1.29, 1.82) is 0 Å². The molecule has 0 spiro atoms. The van der Waals surface area contributed by atoms with Crippen LogP contribution in [0.4, 0.5) is 0 Å². The summed E-state index contributed by atoms with van der Waals surface area (Å²) < 4.78 is 1.81. The molecule has 3 aromatic heterocycles. The Kier molecular flexibility index (Phi) is 7.93. The third-order valence-electron chi connectivity index (χ3n) is 7.15. The molecule has 1 fully saturated rings. The fraction of sp³-hybridized carbons (Fsp3) is 0.345. The Balaban J connectivity index is 1.18. The van der Waals surface area contributed by atoms with Crippen molar-refractivity contribution in [1.82, 2.24) is 29.5 Å². The van der Waals surface area contributed by atoms with Crippen LogP contribution in [0.15, 0.2) is 66.3 Å². The molecule has 9 heteroatoms. The standard InChI is InChI=1S/C29H32N6O2S/c1-3-33(18-14-23-9-7-8-15-30-23)29(37)26-20-38-27(32-26)22-12-16-34(17-13-22)28(36)25-19-31-35(21(25)2)24-10-5-4-6-11-24/h4-11,15,19-20,22H,3,12-14,16-18H2,1-2H3. The zero-order valence-electron chi connectivity index (χ0n) is 21.8. The SMILES string of the molecule is CCN(CCc1ccccn1)C(=O)c1csc(C2CCN(C(=O)c3cnn(-c4ccccc4)c3C)CC2)n1. The minimum absolute atomic E-state index is 0.0182. The number of benzene rings is 1. The van der Waals surface area contributed by atoms with Gasteiger partial charge in [0.15, 0.2) is 0 Å². The molecule has 0 unspecified atom stereocenters. The number of nitrogens with zero attached hydrogens (tertiary/aromatic N) is 6. The molecule has 8 nitrogen and oxygen atoms in total. The van der Waals surface area contributed by atoms with E-state index in [1.165, 1.54) is 0 Å². The summed E-state index contributed by atoms with van der Waals surface area (Å²) in [4.78, 5) is 39.2. The minimum atomic E-state index is -0.0375. The average Bonchev–Trinajstić information content (AvgIpc) is 3.61. The lowest BCUT2D eigenvalue weighted by Crippen LogP contribution is -2.38. The van der Waals surface area contributed by atoms with E-state index >= 15 is 0 Å². The number of likely N-dealkylation sites (N-methyl/N-ethyl adjacent to an activating group) is 1. The Bertz CT molecular complexity index is 1380. The molecule has 2 amide bonds. The van der Waals surface area contributed by atoms with Crippen LogP contribution >= 0.6 is 11.3 Å². The van der Waals surface area contributed by atoms with Gasteiger partial charge in [-0.2, -0.15) is 5.10 Å². The van der Waals surface area contributed by atoms with Crippen LogP contribution in [0.3, 0.4) is 0 Å². The number of likely N-dealkylation sites (tertiary alicyclic amines) is 1. The number of aromatic nitrogens is 4. The minimum Gasteiger partial charge on any atom is -0.338 e. The highest BCUT2D eigenvalue weighted by atomic mass is 32.1. The number of piperidine rings is 1. The molecule has 5 rings (SSSR count). The van der Waals surface area contributed by atoms with Gasteiger partial charge in [0.1, 0.15) is 5.69 Å². The second-order valence-electron chi connectivity index (χ2n) is 9.48. The molecule has 38 heavy (non-hydrogen) atoms. The number of amides is 2. The molecule has 4 aromatic rings. The zero-order chi connectivity index (χ0) is 26.5. The number of hydrogen-bond donors (Lipinski definition) is 0. The predicted octanol–water partition coefficient (Wildman–Crippen LogP) is 4.76. The van der Waals surface area contributed by atoms with Crippen LogP contribution in [0.1, 0.15) is 62.9 Å². The van der Waals surface area contributed by atoms with Crippen LogP contribution in [0, 0.1) is 6.92 Å². The van der Waals surface area contributed by atoms with E-state index in [1.807, 2.05) is 82.2 Å². The van der Waals surface area contributed by atoms with Gasteiger partial charge in [-0.1, -0.05) is 24.3 Å². The largest absolute Gasteiger partial charge is 0.338 e. The summed E-state index contributed by atoms with van der Waals surface area (Å²) in [5.74, 6) is 0.233. The van der Waals surface area contributed by atoms with Gasteiger partial charge in [-0.15, -0.1) is 11.3 Å². The Morgan fingerprint density at radius 1 is 1.08 bits per heavy atom. The van der Waals surface area contributed by atoms with E-state index in [9.17, 15) is 9.59 Å². The highest BCUT2D eigenvalue weighted by Crippen LogP contribution is 2.31. The van der Waals surface area contributed by atoms with Crippen molar-refractivity contribution in [2.75, 3.05) is 26.2 Å². The van der Waals surface area contributed by atoms with Crippen molar-refractivity contribution in [3.05, 3.63) is 94.0 Å². The molecule has 1 saturated heterocycles. The van der Waals surface area contributed by atoms with E-state index in [0.717, 1.165) is 34.9 Å². The fourth-order valence-corrected chi connectivity index (χ4v) is 5.85. The summed E-state index contributed by atoms with van der Waals surface area (Å²) in [5.41, 5.74) is 3.90. The summed E-state index contributed by atoms with van der Waals surface area (Å²) in [6.45, 7) is 6.48. The van der Waals surface area contributed by atoms with Crippen LogP contribution in [0.5, 0.6) is 0 Å². The van der Waals surface area contributed by atoms with Crippen LogP contribution < -0.4 is 0 Å². The highest BCUT2D eigenvalue weighted by Gasteiger charge is 2.29. The maximum atomic E-state index is 13.3. The number of carbonyl (C=O) groups excluding carboxylic acids is 2. The first kappa shape index (κ1) is 25.8. The van der Waals surface area contributed by atoms with Crippen LogP contribution in [0.25, 0.3) is 5.69 Å². The Morgan fingerprint density at radius 2 is 1.84 bits per heavy atom. The number of rotatable bonds is 8. The molecular weight excluding hydrogens is 496 g/mol. The first-order valence-electron chi connectivity index (χ1n) is 13.1. The van der Waals surface area contributed by atoms with Gasteiger partial charge in [0, 0.05) is 55.8 Å². The lowest BCUT2D eigenvalue weighted by atomic mass is 9.97. The van der Waals surface area contributed by atoms with Crippen molar-refractivity contribution in [2.24, 2.45) is 0 Å². The number of carbonyl (C=O) groups is 2. The van der Waals surface area contributed by atoms with Gasteiger partial charge in [-0.05, 0) is 51.0 Å². The van der Waals surface area contributed by atoms with Gasteiger partial charge in [0.05, 0.1) is 28.1 Å². The Hall–Kier alpha value is -3.85. The second kappa shape index (κ2) is 11.7. The van der Waals surface area contributed by atoms with Gasteiger partial charge >= 0.3 is 0 Å². The Labute approximate surface area is 227 Å².